The number of ether oxygens (including phenoxy) is 2. The normalized spacial score (nSPS) is 18.8. The number of carbonyl (C=O) groups excluding carboxylic acids is 2. The predicted octanol–water partition coefficient (Wildman–Crippen LogP) is 2.98. The number of methoxy groups -OCH3 is 1. The fourth-order valence-electron chi connectivity index (χ4n) is 2.48. The third-order valence-electron chi connectivity index (χ3n) is 3.70. The SMILES string of the molecule is COC(=O)c1cc(C)c(OC2CCCCC2=O)cc1C. The van der Waals surface area contributed by atoms with Crippen LogP contribution in [-0.4, -0.2) is 25.0 Å². The second-order valence-electron chi connectivity index (χ2n) is 5.24. The van der Waals surface area contributed by atoms with Gasteiger partial charge in [-0.2, -0.15) is 0 Å². The first-order valence-corrected chi connectivity index (χ1v) is 6.92. The van der Waals surface area contributed by atoms with Crippen molar-refractivity contribution in [2.75, 3.05) is 7.11 Å². The van der Waals surface area contributed by atoms with E-state index in [0.29, 0.717) is 17.7 Å². The van der Waals surface area contributed by atoms with E-state index >= 15 is 0 Å². The molecule has 4 heteroatoms. The van der Waals surface area contributed by atoms with Crippen LogP contribution in [0, 0.1) is 13.8 Å². The third kappa shape index (κ3) is 3.00. The Kier molecular flexibility index (Phi) is 4.42. The van der Waals surface area contributed by atoms with Gasteiger partial charge in [0.05, 0.1) is 12.7 Å². The molecule has 0 spiro atoms. The number of Topliss-reactive ketones (excluding diaryl/α,β-unsaturated/α-hetero) is 1. The molecule has 1 aromatic rings. The van der Waals surface area contributed by atoms with Crippen LogP contribution in [0.4, 0.5) is 0 Å². The van der Waals surface area contributed by atoms with Gasteiger partial charge in [0.1, 0.15) is 5.75 Å². The van der Waals surface area contributed by atoms with E-state index in [4.69, 9.17) is 9.47 Å². The average molecular weight is 276 g/mol. The molecular formula is C16H20O4. The van der Waals surface area contributed by atoms with E-state index in [0.717, 1.165) is 30.4 Å². The fourth-order valence-corrected chi connectivity index (χ4v) is 2.48. The van der Waals surface area contributed by atoms with Crippen LogP contribution in [0.15, 0.2) is 12.1 Å². The van der Waals surface area contributed by atoms with Gasteiger partial charge in [-0.05, 0) is 56.4 Å². The van der Waals surface area contributed by atoms with E-state index in [9.17, 15) is 9.59 Å². The smallest absolute Gasteiger partial charge is 0.338 e. The lowest BCUT2D eigenvalue weighted by atomic mass is 9.96. The second kappa shape index (κ2) is 6.07. The molecule has 0 aromatic heterocycles. The van der Waals surface area contributed by atoms with E-state index in [2.05, 4.69) is 0 Å². The maximum Gasteiger partial charge on any atom is 0.338 e. The molecule has 1 unspecified atom stereocenters. The van der Waals surface area contributed by atoms with Gasteiger partial charge in [-0.3, -0.25) is 4.79 Å². The zero-order chi connectivity index (χ0) is 14.7. The van der Waals surface area contributed by atoms with E-state index in [1.165, 1.54) is 7.11 Å². The van der Waals surface area contributed by atoms with E-state index < -0.39 is 0 Å². The quantitative estimate of drug-likeness (QED) is 0.796. The first-order chi connectivity index (χ1) is 9.52. The Hall–Kier alpha value is -1.84. The van der Waals surface area contributed by atoms with Crippen LogP contribution < -0.4 is 4.74 Å². The number of hydrogen-bond donors (Lipinski definition) is 0. The minimum absolute atomic E-state index is 0.172. The molecule has 0 bridgehead atoms. The molecule has 1 atom stereocenters. The molecule has 1 aliphatic carbocycles. The lowest BCUT2D eigenvalue weighted by Crippen LogP contribution is -2.30. The highest BCUT2D eigenvalue weighted by Gasteiger charge is 2.24. The molecule has 0 amide bonds. The lowest BCUT2D eigenvalue weighted by molar-refractivity contribution is -0.127. The second-order valence-corrected chi connectivity index (χ2v) is 5.24. The van der Waals surface area contributed by atoms with Gasteiger partial charge in [-0.25, -0.2) is 4.79 Å². The molecule has 1 saturated carbocycles. The van der Waals surface area contributed by atoms with Crippen molar-refractivity contribution in [2.45, 2.75) is 45.6 Å². The summed E-state index contributed by atoms with van der Waals surface area (Å²) in [5, 5.41) is 0. The lowest BCUT2D eigenvalue weighted by Gasteiger charge is -2.23. The minimum atomic E-state index is -0.356. The van der Waals surface area contributed by atoms with E-state index in [-0.39, 0.29) is 17.9 Å². The van der Waals surface area contributed by atoms with Crippen molar-refractivity contribution in [3.8, 4) is 5.75 Å². The van der Waals surface area contributed by atoms with Gasteiger partial charge in [0, 0.05) is 6.42 Å². The zero-order valence-corrected chi connectivity index (χ0v) is 12.2. The highest BCUT2D eigenvalue weighted by atomic mass is 16.5. The van der Waals surface area contributed by atoms with Gasteiger partial charge in [0.2, 0.25) is 0 Å². The summed E-state index contributed by atoms with van der Waals surface area (Å²) < 4.78 is 10.6. The predicted molar refractivity (Wildman–Crippen MR) is 75.1 cm³/mol. The molecule has 4 nitrogen and oxygen atoms in total. The molecule has 0 saturated heterocycles. The first kappa shape index (κ1) is 14.6. The van der Waals surface area contributed by atoms with Crippen molar-refractivity contribution in [1.29, 1.82) is 0 Å². The monoisotopic (exact) mass is 276 g/mol. The van der Waals surface area contributed by atoms with E-state index in [1.54, 1.807) is 6.07 Å². The Morgan fingerprint density at radius 2 is 1.95 bits per heavy atom. The van der Waals surface area contributed by atoms with Crippen LogP contribution in [0.25, 0.3) is 0 Å². The van der Waals surface area contributed by atoms with Crippen molar-refractivity contribution in [3.05, 3.63) is 28.8 Å². The van der Waals surface area contributed by atoms with Crippen LogP contribution in [0.3, 0.4) is 0 Å². The zero-order valence-electron chi connectivity index (χ0n) is 12.2. The number of carbonyl (C=O) groups is 2. The fraction of sp³-hybridized carbons (Fsp3) is 0.500. The number of hydrogen-bond acceptors (Lipinski definition) is 4. The Morgan fingerprint density at radius 3 is 2.60 bits per heavy atom. The molecule has 0 N–H and O–H groups in total. The Balaban J connectivity index is 2.22. The summed E-state index contributed by atoms with van der Waals surface area (Å²) in [5.41, 5.74) is 2.17. The van der Waals surface area contributed by atoms with Gasteiger partial charge in [-0.15, -0.1) is 0 Å². The number of esters is 1. The van der Waals surface area contributed by atoms with Gasteiger partial charge < -0.3 is 9.47 Å². The molecule has 20 heavy (non-hydrogen) atoms. The summed E-state index contributed by atoms with van der Waals surface area (Å²) in [7, 11) is 1.36. The van der Waals surface area contributed by atoms with Gasteiger partial charge in [0.15, 0.2) is 11.9 Å². The maximum absolute atomic E-state index is 11.8. The number of ketones is 1. The van der Waals surface area contributed by atoms with Gasteiger partial charge in [-0.1, -0.05) is 0 Å². The summed E-state index contributed by atoms with van der Waals surface area (Å²) >= 11 is 0. The summed E-state index contributed by atoms with van der Waals surface area (Å²) in [6.07, 6.45) is 3.01. The molecular weight excluding hydrogens is 256 g/mol. The van der Waals surface area contributed by atoms with Crippen LogP contribution in [0.2, 0.25) is 0 Å². The standard InChI is InChI=1S/C16H20O4/c1-10-9-15(11(2)8-12(10)16(18)19-3)20-14-7-5-4-6-13(14)17/h8-9,14H,4-7H2,1-3H3. The Labute approximate surface area is 119 Å². The molecule has 2 rings (SSSR count). The van der Waals surface area contributed by atoms with Crippen LogP contribution >= 0.6 is 0 Å². The van der Waals surface area contributed by atoms with Crippen molar-refractivity contribution in [2.24, 2.45) is 0 Å². The summed E-state index contributed by atoms with van der Waals surface area (Å²) in [4.78, 5) is 23.4. The average Bonchev–Trinajstić information content (AvgIpc) is 2.44. The number of aryl methyl sites for hydroxylation is 2. The van der Waals surface area contributed by atoms with Crippen LogP contribution in [0.5, 0.6) is 5.75 Å². The summed E-state index contributed by atoms with van der Waals surface area (Å²) in [5.74, 6) is 0.492. The van der Waals surface area contributed by atoms with Crippen LogP contribution in [-0.2, 0) is 9.53 Å². The summed E-state index contributed by atoms with van der Waals surface area (Å²) in [6, 6.07) is 3.56. The molecule has 0 heterocycles. The topological polar surface area (TPSA) is 52.6 Å². The number of benzene rings is 1. The molecule has 1 fully saturated rings. The molecule has 1 aliphatic rings. The third-order valence-corrected chi connectivity index (χ3v) is 3.70. The summed E-state index contributed by atoms with van der Waals surface area (Å²) in [6.45, 7) is 3.70. The Morgan fingerprint density at radius 1 is 1.20 bits per heavy atom. The van der Waals surface area contributed by atoms with Crippen molar-refractivity contribution < 1.29 is 19.1 Å². The molecule has 1 aromatic carbocycles. The van der Waals surface area contributed by atoms with Crippen molar-refractivity contribution >= 4 is 11.8 Å². The molecule has 0 aliphatic heterocycles. The highest BCUT2D eigenvalue weighted by Crippen LogP contribution is 2.27. The maximum atomic E-state index is 11.8. The van der Waals surface area contributed by atoms with Gasteiger partial charge >= 0.3 is 5.97 Å². The largest absolute Gasteiger partial charge is 0.482 e. The minimum Gasteiger partial charge on any atom is -0.482 e. The van der Waals surface area contributed by atoms with Crippen LogP contribution in [0.1, 0.15) is 47.2 Å². The van der Waals surface area contributed by atoms with E-state index in [1.807, 2.05) is 19.9 Å². The molecule has 108 valence electrons. The van der Waals surface area contributed by atoms with Crippen molar-refractivity contribution in [1.82, 2.24) is 0 Å². The highest BCUT2D eigenvalue weighted by molar-refractivity contribution is 5.91. The number of rotatable bonds is 3. The molecule has 0 radical (unpaired) electrons. The Bertz CT molecular complexity index is 534. The van der Waals surface area contributed by atoms with Crippen molar-refractivity contribution in [3.63, 3.8) is 0 Å². The van der Waals surface area contributed by atoms with Gasteiger partial charge in [0.25, 0.3) is 0 Å². The first-order valence-electron chi connectivity index (χ1n) is 6.92.